The van der Waals surface area contributed by atoms with Crippen LogP contribution in [0.1, 0.15) is 31.5 Å². The number of aryl methyl sites for hydroxylation is 1. The van der Waals surface area contributed by atoms with Gasteiger partial charge in [0.25, 0.3) is 0 Å². The van der Waals surface area contributed by atoms with Crippen molar-refractivity contribution in [2.45, 2.75) is 38.8 Å². The lowest BCUT2D eigenvalue weighted by Crippen LogP contribution is -2.35. The molecule has 0 saturated carbocycles. The number of aliphatic carboxylic acids is 1. The third kappa shape index (κ3) is 2.21. The van der Waals surface area contributed by atoms with E-state index < -0.39 is 12.0 Å². The molecule has 0 bridgehead atoms. The molecule has 1 aromatic heterocycles. The number of carboxylic acids is 1. The zero-order valence-electron chi connectivity index (χ0n) is 9.22. The summed E-state index contributed by atoms with van der Waals surface area (Å²) in [6.45, 7) is 3.18. The smallest absolute Gasteiger partial charge is 0.320 e. The normalized spacial score (nSPS) is 21.4. The van der Waals surface area contributed by atoms with Crippen LogP contribution >= 0.6 is 0 Å². The maximum absolute atomic E-state index is 11.0. The van der Waals surface area contributed by atoms with Gasteiger partial charge < -0.3 is 9.63 Å². The molecule has 0 aliphatic carbocycles. The Morgan fingerprint density at radius 3 is 3.12 bits per heavy atom. The van der Waals surface area contributed by atoms with Gasteiger partial charge in [-0.1, -0.05) is 12.1 Å². The fourth-order valence-electron chi connectivity index (χ4n) is 1.97. The van der Waals surface area contributed by atoms with E-state index in [2.05, 4.69) is 10.1 Å². The van der Waals surface area contributed by atoms with Crippen LogP contribution in [0.3, 0.4) is 0 Å². The van der Waals surface area contributed by atoms with Crippen LogP contribution in [0, 0.1) is 0 Å². The van der Waals surface area contributed by atoms with Gasteiger partial charge in [0, 0.05) is 6.42 Å². The second-order valence-electron chi connectivity index (χ2n) is 3.92. The third-order valence-corrected chi connectivity index (χ3v) is 2.81. The van der Waals surface area contributed by atoms with Crippen molar-refractivity contribution >= 4 is 5.97 Å². The summed E-state index contributed by atoms with van der Waals surface area (Å²) in [7, 11) is 0. The van der Waals surface area contributed by atoms with Gasteiger partial charge in [0.05, 0.1) is 6.54 Å². The van der Waals surface area contributed by atoms with Gasteiger partial charge in [-0.05, 0) is 19.4 Å². The first-order valence-corrected chi connectivity index (χ1v) is 5.49. The van der Waals surface area contributed by atoms with E-state index in [0.717, 1.165) is 13.0 Å². The molecular formula is C10H15N3O3. The lowest BCUT2D eigenvalue weighted by molar-refractivity contribution is -0.142. The molecule has 1 N–H and O–H groups in total. The van der Waals surface area contributed by atoms with Crippen molar-refractivity contribution in [1.82, 2.24) is 15.0 Å². The van der Waals surface area contributed by atoms with Crippen molar-refractivity contribution in [2.24, 2.45) is 0 Å². The monoisotopic (exact) mass is 225 g/mol. The van der Waals surface area contributed by atoms with Crippen LogP contribution < -0.4 is 0 Å². The number of carbonyl (C=O) groups is 1. The van der Waals surface area contributed by atoms with Crippen molar-refractivity contribution in [3.8, 4) is 0 Å². The van der Waals surface area contributed by atoms with Crippen LogP contribution in [-0.2, 0) is 17.8 Å². The number of carboxylic acid groups (broad SMARTS) is 1. The van der Waals surface area contributed by atoms with E-state index in [9.17, 15) is 4.79 Å². The number of hydrogen-bond acceptors (Lipinski definition) is 5. The van der Waals surface area contributed by atoms with E-state index in [0.29, 0.717) is 31.1 Å². The lowest BCUT2D eigenvalue weighted by Gasteiger charge is -2.18. The maximum atomic E-state index is 11.0. The number of nitrogens with zero attached hydrogens (tertiary/aromatic N) is 3. The molecule has 88 valence electrons. The highest BCUT2D eigenvalue weighted by Crippen LogP contribution is 2.19. The van der Waals surface area contributed by atoms with Crippen LogP contribution in [0.15, 0.2) is 4.52 Å². The van der Waals surface area contributed by atoms with Crippen molar-refractivity contribution in [3.63, 3.8) is 0 Å². The molecule has 6 heteroatoms. The van der Waals surface area contributed by atoms with Gasteiger partial charge in [-0.2, -0.15) is 4.98 Å². The molecule has 1 atom stereocenters. The first-order chi connectivity index (χ1) is 7.70. The Kier molecular flexibility index (Phi) is 3.19. The summed E-state index contributed by atoms with van der Waals surface area (Å²) >= 11 is 0. The van der Waals surface area contributed by atoms with Gasteiger partial charge >= 0.3 is 5.97 Å². The minimum Gasteiger partial charge on any atom is -0.480 e. The highest BCUT2D eigenvalue weighted by Gasteiger charge is 2.31. The van der Waals surface area contributed by atoms with Crippen LogP contribution in [0.4, 0.5) is 0 Å². The minimum atomic E-state index is -0.767. The van der Waals surface area contributed by atoms with Crippen molar-refractivity contribution in [1.29, 1.82) is 0 Å². The van der Waals surface area contributed by atoms with E-state index in [1.165, 1.54) is 0 Å². The summed E-state index contributed by atoms with van der Waals surface area (Å²) in [6.07, 6.45) is 2.32. The molecule has 1 fully saturated rings. The first-order valence-electron chi connectivity index (χ1n) is 5.49. The summed E-state index contributed by atoms with van der Waals surface area (Å²) in [5, 5.41) is 12.8. The lowest BCUT2D eigenvalue weighted by atomic mass is 10.2. The summed E-state index contributed by atoms with van der Waals surface area (Å²) < 4.78 is 4.98. The molecule has 2 rings (SSSR count). The molecule has 1 aliphatic rings. The van der Waals surface area contributed by atoms with Gasteiger partial charge in [0.1, 0.15) is 6.04 Å². The Morgan fingerprint density at radius 1 is 1.69 bits per heavy atom. The van der Waals surface area contributed by atoms with Crippen LogP contribution in [0.2, 0.25) is 0 Å². The predicted octanol–water partition coefficient (Wildman–Crippen LogP) is 0.681. The predicted molar refractivity (Wildman–Crippen MR) is 54.7 cm³/mol. The summed E-state index contributed by atoms with van der Waals surface area (Å²) in [6, 6.07) is -0.399. The summed E-state index contributed by atoms with van der Waals surface area (Å²) in [4.78, 5) is 17.0. The molecule has 1 saturated heterocycles. The van der Waals surface area contributed by atoms with Crippen LogP contribution in [0.25, 0.3) is 0 Å². The molecule has 1 unspecified atom stereocenters. The zero-order chi connectivity index (χ0) is 11.5. The Morgan fingerprint density at radius 2 is 2.50 bits per heavy atom. The molecule has 0 radical (unpaired) electrons. The van der Waals surface area contributed by atoms with Crippen LogP contribution in [-0.4, -0.2) is 38.7 Å². The standard InChI is InChI=1S/C10H15N3O3/c1-2-9-11-8(12-16-9)6-13-5-3-4-7(13)10(14)15/h7H,2-6H2,1H3,(H,14,15). The van der Waals surface area contributed by atoms with Gasteiger partial charge in [-0.3, -0.25) is 9.69 Å². The second-order valence-corrected chi connectivity index (χ2v) is 3.92. The van der Waals surface area contributed by atoms with Gasteiger partial charge in [0.2, 0.25) is 5.89 Å². The average molecular weight is 225 g/mol. The van der Waals surface area contributed by atoms with Crippen LogP contribution in [0.5, 0.6) is 0 Å². The molecule has 16 heavy (non-hydrogen) atoms. The molecule has 0 aromatic carbocycles. The Bertz CT molecular complexity index is 377. The number of rotatable bonds is 4. The molecule has 2 heterocycles. The Labute approximate surface area is 93.2 Å². The van der Waals surface area contributed by atoms with E-state index in [-0.39, 0.29) is 0 Å². The van der Waals surface area contributed by atoms with Crippen molar-refractivity contribution in [3.05, 3.63) is 11.7 Å². The highest BCUT2D eigenvalue weighted by atomic mass is 16.5. The minimum absolute atomic E-state index is 0.399. The molecule has 1 aliphatic heterocycles. The van der Waals surface area contributed by atoms with Gasteiger partial charge in [-0.15, -0.1) is 0 Å². The van der Waals surface area contributed by atoms with E-state index in [1.807, 2.05) is 11.8 Å². The average Bonchev–Trinajstić information content (AvgIpc) is 2.87. The number of aromatic nitrogens is 2. The first kappa shape index (κ1) is 11.1. The third-order valence-electron chi connectivity index (χ3n) is 2.81. The van der Waals surface area contributed by atoms with Gasteiger partial charge in [-0.25, -0.2) is 0 Å². The SMILES string of the molecule is CCc1nc(CN2CCCC2C(=O)O)no1. The largest absolute Gasteiger partial charge is 0.480 e. The van der Waals surface area contributed by atoms with E-state index in [4.69, 9.17) is 9.63 Å². The molecule has 1 aromatic rings. The second kappa shape index (κ2) is 4.61. The Balaban J connectivity index is 2.00. The van der Waals surface area contributed by atoms with E-state index >= 15 is 0 Å². The van der Waals surface area contributed by atoms with E-state index in [1.54, 1.807) is 0 Å². The number of hydrogen-bond donors (Lipinski definition) is 1. The van der Waals surface area contributed by atoms with Crippen molar-refractivity contribution < 1.29 is 14.4 Å². The Hall–Kier alpha value is -1.43. The fraction of sp³-hybridized carbons (Fsp3) is 0.700. The quantitative estimate of drug-likeness (QED) is 0.811. The molecular weight excluding hydrogens is 210 g/mol. The fourth-order valence-corrected chi connectivity index (χ4v) is 1.97. The number of likely N-dealkylation sites (tertiary alicyclic amines) is 1. The molecule has 0 spiro atoms. The summed E-state index contributed by atoms with van der Waals surface area (Å²) in [5.41, 5.74) is 0. The van der Waals surface area contributed by atoms with Gasteiger partial charge in [0.15, 0.2) is 5.82 Å². The zero-order valence-corrected chi connectivity index (χ0v) is 9.22. The molecule has 6 nitrogen and oxygen atoms in total. The van der Waals surface area contributed by atoms with Crippen molar-refractivity contribution in [2.75, 3.05) is 6.54 Å². The topological polar surface area (TPSA) is 79.5 Å². The summed E-state index contributed by atoms with van der Waals surface area (Å²) in [5.74, 6) is 0.405. The maximum Gasteiger partial charge on any atom is 0.320 e. The molecule has 0 amide bonds. The highest BCUT2D eigenvalue weighted by molar-refractivity contribution is 5.73.